The first-order valence-corrected chi connectivity index (χ1v) is 9.95. The van der Waals surface area contributed by atoms with Gasteiger partial charge in [-0.1, -0.05) is 46.8 Å². The molecule has 0 aliphatic heterocycles. The van der Waals surface area contributed by atoms with Gasteiger partial charge in [0.05, 0.1) is 16.8 Å². The van der Waals surface area contributed by atoms with Crippen LogP contribution in [0.2, 0.25) is 5.02 Å². The van der Waals surface area contributed by atoms with E-state index >= 15 is 0 Å². The summed E-state index contributed by atoms with van der Waals surface area (Å²) in [7, 11) is 0. The molecule has 4 rings (SSSR count). The van der Waals surface area contributed by atoms with Crippen LogP contribution >= 0.6 is 34.7 Å². The molecule has 0 atom stereocenters. The van der Waals surface area contributed by atoms with Crippen LogP contribution in [0.5, 0.6) is 0 Å². The third-order valence-corrected chi connectivity index (χ3v) is 6.11. The van der Waals surface area contributed by atoms with E-state index in [9.17, 15) is 4.39 Å². The smallest absolute Gasteiger partial charge is 0.174 e. The van der Waals surface area contributed by atoms with Crippen molar-refractivity contribution in [1.29, 1.82) is 0 Å². The van der Waals surface area contributed by atoms with Crippen molar-refractivity contribution in [2.24, 2.45) is 0 Å². The zero-order valence-electron chi connectivity index (χ0n) is 13.7. The number of anilines is 1. The molecule has 0 radical (unpaired) electrons. The largest absolute Gasteiger partial charge is 0.383 e. The molecule has 0 spiro atoms. The van der Waals surface area contributed by atoms with Crippen molar-refractivity contribution in [3.63, 3.8) is 0 Å². The molecule has 3 aromatic heterocycles. The van der Waals surface area contributed by atoms with E-state index in [0.29, 0.717) is 33.0 Å². The van der Waals surface area contributed by atoms with Crippen LogP contribution in [0.25, 0.3) is 16.4 Å². The van der Waals surface area contributed by atoms with Gasteiger partial charge in [-0.2, -0.15) is 9.78 Å². The summed E-state index contributed by atoms with van der Waals surface area (Å²) in [5.74, 6) is 1.27. The van der Waals surface area contributed by atoms with Crippen LogP contribution in [0.15, 0.2) is 53.1 Å². The van der Waals surface area contributed by atoms with Crippen LogP contribution in [-0.4, -0.2) is 25.0 Å². The van der Waals surface area contributed by atoms with E-state index in [1.54, 1.807) is 36.7 Å². The molecule has 3 heterocycles. The summed E-state index contributed by atoms with van der Waals surface area (Å²) < 4.78 is 15.2. The predicted molar refractivity (Wildman–Crippen MR) is 106 cm³/mol. The van der Waals surface area contributed by atoms with E-state index in [0.717, 1.165) is 9.90 Å². The molecule has 6 nitrogen and oxygen atoms in total. The molecule has 1 aromatic carbocycles. The zero-order valence-corrected chi connectivity index (χ0v) is 16.1. The van der Waals surface area contributed by atoms with Gasteiger partial charge >= 0.3 is 0 Å². The number of thioether (sulfide) groups is 1. The number of rotatable bonds is 5. The van der Waals surface area contributed by atoms with Gasteiger partial charge in [-0.15, -0.1) is 10.2 Å². The van der Waals surface area contributed by atoms with Crippen molar-refractivity contribution < 1.29 is 4.39 Å². The fourth-order valence-electron chi connectivity index (χ4n) is 2.33. The molecule has 136 valence electrons. The maximum atomic E-state index is 13.0. The number of aromatic nitrogens is 5. The molecule has 0 aliphatic carbocycles. The number of hydrogen-bond acceptors (Lipinski definition) is 7. The minimum Gasteiger partial charge on any atom is -0.383 e. The summed E-state index contributed by atoms with van der Waals surface area (Å²) in [5, 5.41) is 13.8. The number of hydrogen-bond donors (Lipinski definition) is 1. The number of pyridine rings is 1. The summed E-state index contributed by atoms with van der Waals surface area (Å²) in [4.78, 5) is 4.22. The van der Waals surface area contributed by atoms with Crippen molar-refractivity contribution in [2.75, 3.05) is 5.73 Å². The summed E-state index contributed by atoms with van der Waals surface area (Å²) in [6.45, 7) is 0. The normalized spacial score (nSPS) is 11.0. The van der Waals surface area contributed by atoms with E-state index in [2.05, 4.69) is 20.3 Å². The van der Waals surface area contributed by atoms with E-state index in [1.807, 2.05) is 0 Å². The third-order valence-electron chi connectivity index (χ3n) is 3.66. The lowest BCUT2D eigenvalue weighted by Gasteiger charge is -2.04. The van der Waals surface area contributed by atoms with Gasteiger partial charge in [-0.25, -0.2) is 9.37 Å². The molecule has 27 heavy (non-hydrogen) atoms. The van der Waals surface area contributed by atoms with Crippen LogP contribution in [0.4, 0.5) is 10.2 Å². The maximum absolute atomic E-state index is 13.0. The van der Waals surface area contributed by atoms with Gasteiger partial charge in [0.15, 0.2) is 15.2 Å². The zero-order chi connectivity index (χ0) is 18.8. The standard InChI is InChI=1S/C17H12ClFN6S2/c18-13-2-1-7-21-15(13)25-14(20)12(8-22-25)16-23-24-17(27-16)26-9-10-3-5-11(19)6-4-10/h1-8H,9,20H2. The minimum atomic E-state index is -0.248. The Bertz CT molecular complexity index is 1080. The Balaban J connectivity index is 1.53. The van der Waals surface area contributed by atoms with Crippen molar-refractivity contribution in [3.05, 3.63) is 65.2 Å². The molecule has 0 saturated heterocycles. The fraction of sp³-hybridized carbons (Fsp3) is 0.0588. The maximum Gasteiger partial charge on any atom is 0.174 e. The summed E-state index contributed by atoms with van der Waals surface area (Å²) in [6.07, 6.45) is 3.24. The number of nitrogens with zero attached hydrogens (tertiary/aromatic N) is 5. The Hall–Kier alpha value is -2.49. The van der Waals surface area contributed by atoms with Crippen LogP contribution in [0, 0.1) is 5.82 Å². The summed E-state index contributed by atoms with van der Waals surface area (Å²) >= 11 is 9.11. The van der Waals surface area contributed by atoms with Gasteiger partial charge in [0, 0.05) is 11.9 Å². The van der Waals surface area contributed by atoms with Gasteiger partial charge in [0.25, 0.3) is 0 Å². The molecular formula is C17H12ClFN6S2. The van der Waals surface area contributed by atoms with Gasteiger partial charge in [-0.05, 0) is 29.8 Å². The van der Waals surface area contributed by atoms with Crippen LogP contribution in [0.1, 0.15) is 5.56 Å². The molecular weight excluding hydrogens is 407 g/mol. The first-order chi connectivity index (χ1) is 13.1. The van der Waals surface area contributed by atoms with Gasteiger partial charge in [-0.3, -0.25) is 0 Å². The number of nitrogen functional groups attached to an aromatic ring is 1. The van der Waals surface area contributed by atoms with Crippen LogP contribution < -0.4 is 5.73 Å². The average molecular weight is 419 g/mol. The second-order valence-electron chi connectivity index (χ2n) is 5.45. The lowest BCUT2D eigenvalue weighted by atomic mass is 10.2. The molecule has 2 N–H and O–H groups in total. The Morgan fingerprint density at radius 2 is 2.00 bits per heavy atom. The predicted octanol–water partition coefficient (Wildman–Crippen LogP) is 4.45. The molecule has 0 saturated carbocycles. The molecule has 10 heteroatoms. The lowest BCUT2D eigenvalue weighted by molar-refractivity contribution is 0.627. The van der Waals surface area contributed by atoms with Crippen LogP contribution in [0.3, 0.4) is 0 Å². The summed E-state index contributed by atoms with van der Waals surface area (Å²) in [6, 6.07) is 9.85. The summed E-state index contributed by atoms with van der Waals surface area (Å²) in [5.41, 5.74) is 7.90. The lowest BCUT2D eigenvalue weighted by Crippen LogP contribution is -2.04. The van der Waals surface area contributed by atoms with E-state index in [1.165, 1.54) is 39.9 Å². The Kier molecular flexibility index (Phi) is 5.06. The average Bonchev–Trinajstić information content (AvgIpc) is 3.28. The highest BCUT2D eigenvalue weighted by Gasteiger charge is 2.17. The number of benzene rings is 1. The Labute approximate surface area is 167 Å². The van der Waals surface area contributed by atoms with Gasteiger partial charge in [0.2, 0.25) is 0 Å². The molecule has 0 aliphatic rings. The highest BCUT2D eigenvalue weighted by Crippen LogP contribution is 2.34. The van der Waals surface area contributed by atoms with E-state index < -0.39 is 0 Å². The van der Waals surface area contributed by atoms with Gasteiger partial charge in [0.1, 0.15) is 11.6 Å². The quantitative estimate of drug-likeness (QED) is 0.482. The molecule has 0 bridgehead atoms. The second kappa shape index (κ2) is 7.63. The van der Waals surface area contributed by atoms with Crippen molar-refractivity contribution in [3.8, 4) is 16.4 Å². The Morgan fingerprint density at radius 3 is 2.78 bits per heavy atom. The van der Waals surface area contributed by atoms with E-state index in [-0.39, 0.29) is 5.82 Å². The highest BCUT2D eigenvalue weighted by molar-refractivity contribution is 8.00. The molecule has 4 aromatic rings. The van der Waals surface area contributed by atoms with Gasteiger partial charge < -0.3 is 5.73 Å². The van der Waals surface area contributed by atoms with E-state index in [4.69, 9.17) is 17.3 Å². The molecule has 0 amide bonds. The Morgan fingerprint density at radius 1 is 1.19 bits per heavy atom. The molecule has 0 fully saturated rings. The topological polar surface area (TPSA) is 82.5 Å². The number of halogens is 2. The van der Waals surface area contributed by atoms with Crippen molar-refractivity contribution >= 4 is 40.5 Å². The molecule has 0 unspecified atom stereocenters. The first-order valence-electron chi connectivity index (χ1n) is 7.77. The minimum absolute atomic E-state index is 0.248. The highest BCUT2D eigenvalue weighted by atomic mass is 35.5. The second-order valence-corrected chi connectivity index (χ2v) is 8.06. The number of nitrogens with two attached hydrogens (primary N) is 1. The fourth-order valence-corrected chi connectivity index (χ4v) is 4.36. The van der Waals surface area contributed by atoms with Crippen molar-refractivity contribution in [1.82, 2.24) is 25.0 Å². The van der Waals surface area contributed by atoms with Crippen molar-refractivity contribution in [2.45, 2.75) is 10.1 Å². The third kappa shape index (κ3) is 3.80. The first kappa shape index (κ1) is 17.9. The SMILES string of the molecule is Nc1c(-c2nnc(SCc3ccc(F)cc3)s2)cnn1-c1ncccc1Cl. The monoisotopic (exact) mass is 418 g/mol. The van der Waals surface area contributed by atoms with Crippen LogP contribution in [-0.2, 0) is 5.75 Å².